The summed E-state index contributed by atoms with van der Waals surface area (Å²) >= 11 is 0. The van der Waals surface area contributed by atoms with Gasteiger partial charge >= 0.3 is 5.97 Å². The summed E-state index contributed by atoms with van der Waals surface area (Å²) in [6.45, 7) is 4.66. The molecule has 15 nitrogen and oxygen atoms in total. The molecule has 1 unspecified atom stereocenters. The predicted octanol–water partition coefficient (Wildman–Crippen LogP) is 7.64. The van der Waals surface area contributed by atoms with Crippen LogP contribution in [0, 0.1) is 19.8 Å². The van der Waals surface area contributed by atoms with E-state index in [1.807, 2.05) is 0 Å². The van der Waals surface area contributed by atoms with Gasteiger partial charge in [0.1, 0.15) is 22.8 Å². The quantitative estimate of drug-likeness (QED) is 0.0369. The number of carboxylic acids is 1. The average molecular weight is 864 g/mol. The van der Waals surface area contributed by atoms with Crippen LogP contribution >= 0.6 is 0 Å². The molecular formula is C49H45N5O10. The molecule has 0 radical (unpaired) electrons. The highest BCUT2D eigenvalue weighted by Gasteiger charge is 2.25. The van der Waals surface area contributed by atoms with E-state index in [0.717, 1.165) is 11.6 Å². The zero-order chi connectivity index (χ0) is 46.2. The maximum atomic E-state index is 13.7. The van der Waals surface area contributed by atoms with E-state index in [4.69, 9.17) is 0 Å². The number of aromatic carboxylic acids is 1. The number of phenolic OH excluding ortho intramolecular Hbond substituents is 2. The molecule has 0 aliphatic heterocycles. The summed E-state index contributed by atoms with van der Waals surface area (Å²) in [6, 6.07) is 24.5. The van der Waals surface area contributed by atoms with Gasteiger partial charge in [-0.3, -0.25) is 24.0 Å². The van der Waals surface area contributed by atoms with Gasteiger partial charge in [0.05, 0.1) is 23.5 Å². The number of Topliss-reactive ketones (excluding diaryl/α,β-unsaturated/α-hetero) is 2. The van der Waals surface area contributed by atoms with Crippen LogP contribution in [0.15, 0.2) is 115 Å². The Balaban J connectivity index is 1.08. The first-order valence-corrected chi connectivity index (χ1v) is 20.0. The molecule has 0 fully saturated rings. The highest BCUT2D eigenvalue weighted by molar-refractivity contribution is 6.09. The Morgan fingerprint density at radius 2 is 1.28 bits per heavy atom. The number of allylic oxidation sites excluding steroid dienone is 1. The number of carbonyl (C=O) groups is 6. The van der Waals surface area contributed by atoms with Crippen LogP contribution in [0.5, 0.6) is 17.2 Å². The van der Waals surface area contributed by atoms with Gasteiger partial charge in [0.15, 0.2) is 11.6 Å². The lowest BCUT2D eigenvalue weighted by Crippen LogP contribution is -2.27. The number of hydrogen-bond acceptors (Lipinski definition) is 10. The van der Waals surface area contributed by atoms with Crippen LogP contribution in [0.1, 0.15) is 82.7 Å². The summed E-state index contributed by atoms with van der Waals surface area (Å²) < 4.78 is 1.74. The number of anilines is 3. The number of aromatic hydroxyl groups is 3. The van der Waals surface area contributed by atoms with Crippen molar-refractivity contribution in [2.45, 2.75) is 40.0 Å². The summed E-state index contributed by atoms with van der Waals surface area (Å²) in [4.78, 5) is 82.2. The minimum atomic E-state index is -1.33. The fraction of sp³-hybridized carbons (Fsp3) is 0.163. The third kappa shape index (κ3) is 10.9. The zero-order valence-corrected chi connectivity index (χ0v) is 35.3. The van der Waals surface area contributed by atoms with Crippen molar-refractivity contribution in [2.24, 2.45) is 13.0 Å². The molecule has 1 atom stereocenters. The first-order valence-electron chi connectivity index (χ1n) is 20.0. The Hall–Kier alpha value is -8.33. The lowest BCUT2D eigenvalue weighted by molar-refractivity contribution is -0.120. The second-order valence-corrected chi connectivity index (χ2v) is 15.3. The second-order valence-electron chi connectivity index (χ2n) is 15.3. The average Bonchev–Trinajstić information content (AvgIpc) is 3.68. The smallest absolute Gasteiger partial charge is 0.339 e. The lowest BCUT2D eigenvalue weighted by atomic mass is 9.92. The number of rotatable bonds is 16. The van der Waals surface area contributed by atoms with E-state index >= 15 is 0 Å². The molecule has 15 heteroatoms. The number of ketones is 2. The molecule has 0 saturated carbocycles. The minimum Gasteiger partial charge on any atom is -0.508 e. The first-order chi connectivity index (χ1) is 30.5. The fourth-order valence-electron chi connectivity index (χ4n) is 6.82. The standard InChI is InChI=1S/C49H45N5O10/c1-27(21-30-7-15-37(55)16-8-30)42(56)22-31-5-9-32(10-6-31)43(57)24-34(23-36-25-54(4)26-50-36)47(61)51-35-13-11-33(12-14-35)46(60)52-40-19-17-38(44(58)28(40)2)48(62)53-41-20-18-39(49(63)64)45(59)29(41)3/h5-21,25-26,34,55,58-59H,22-24H2,1-4H3,(H,51,61)(H,52,60)(H,53,62)(H,63,64)/b27-21+. The van der Waals surface area contributed by atoms with Gasteiger partial charge in [-0.15, -0.1) is 0 Å². The Morgan fingerprint density at radius 3 is 1.88 bits per heavy atom. The summed E-state index contributed by atoms with van der Waals surface area (Å²) in [5.41, 5.74) is 3.83. The van der Waals surface area contributed by atoms with E-state index in [1.165, 1.54) is 56.3 Å². The van der Waals surface area contributed by atoms with Crippen molar-refractivity contribution in [3.05, 3.63) is 165 Å². The van der Waals surface area contributed by atoms with E-state index in [0.29, 0.717) is 28.1 Å². The van der Waals surface area contributed by atoms with Gasteiger partial charge in [-0.1, -0.05) is 36.4 Å². The van der Waals surface area contributed by atoms with E-state index in [9.17, 15) is 49.2 Å². The molecule has 5 aromatic carbocycles. The van der Waals surface area contributed by atoms with E-state index in [2.05, 4.69) is 20.9 Å². The Labute approximate surface area is 367 Å². The van der Waals surface area contributed by atoms with Gasteiger partial charge in [-0.05, 0) is 104 Å². The summed E-state index contributed by atoms with van der Waals surface area (Å²) in [5.74, 6) is -5.01. The number of aryl methyl sites for hydroxylation is 1. The number of carboxylic acid groups (broad SMARTS) is 1. The van der Waals surface area contributed by atoms with Crippen LogP contribution in [-0.4, -0.2) is 65.2 Å². The summed E-state index contributed by atoms with van der Waals surface area (Å²) in [5, 5.41) is 48.0. The van der Waals surface area contributed by atoms with Crippen LogP contribution in [0.2, 0.25) is 0 Å². The highest BCUT2D eigenvalue weighted by atomic mass is 16.4. The Morgan fingerprint density at radius 1 is 0.703 bits per heavy atom. The third-order valence-corrected chi connectivity index (χ3v) is 10.6. The number of amides is 3. The van der Waals surface area contributed by atoms with Gasteiger partial charge in [0.2, 0.25) is 5.91 Å². The molecule has 64 heavy (non-hydrogen) atoms. The van der Waals surface area contributed by atoms with Crippen molar-refractivity contribution in [3.8, 4) is 17.2 Å². The fourth-order valence-corrected chi connectivity index (χ4v) is 6.82. The molecule has 326 valence electrons. The molecule has 0 spiro atoms. The number of phenols is 3. The van der Waals surface area contributed by atoms with E-state index < -0.39 is 41.1 Å². The number of carbonyl (C=O) groups excluding carboxylic acids is 5. The molecular weight excluding hydrogens is 819 g/mol. The Kier molecular flexibility index (Phi) is 13.8. The number of hydrogen-bond donors (Lipinski definition) is 7. The number of nitrogens with zero attached hydrogens (tertiary/aromatic N) is 2. The van der Waals surface area contributed by atoms with Gasteiger partial charge in [0.25, 0.3) is 11.8 Å². The molecule has 6 rings (SSSR count). The largest absolute Gasteiger partial charge is 0.508 e. The third-order valence-electron chi connectivity index (χ3n) is 10.6. The maximum absolute atomic E-state index is 13.7. The second kappa shape index (κ2) is 19.6. The molecule has 1 aromatic heterocycles. The number of benzene rings is 5. The molecule has 6 aromatic rings. The van der Waals surface area contributed by atoms with Crippen molar-refractivity contribution < 1.29 is 49.2 Å². The number of imidazole rings is 1. The van der Waals surface area contributed by atoms with Crippen molar-refractivity contribution in [2.75, 3.05) is 16.0 Å². The van der Waals surface area contributed by atoms with Crippen LogP contribution in [0.25, 0.3) is 6.08 Å². The number of nitrogens with one attached hydrogen (secondary N) is 3. The van der Waals surface area contributed by atoms with Crippen molar-refractivity contribution in [1.82, 2.24) is 9.55 Å². The summed E-state index contributed by atoms with van der Waals surface area (Å²) in [6.07, 6.45) is 5.28. The monoisotopic (exact) mass is 863 g/mol. The first kappa shape index (κ1) is 45.2. The Bertz CT molecular complexity index is 2810. The van der Waals surface area contributed by atoms with E-state index in [1.54, 1.807) is 85.7 Å². The molecule has 3 amide bonds. The van der Waals surface area contributed by atoms with Crippen molar-refractivity contribution in [3.63, 3.8) is 0 Å². The predicted molar refractivity (Wildman–Crippen MR) is 240 cm³/mol. The normalized spacial score (nSPS) is 11.7. The van der Waals surface area contributed by atoms with Gasteiger partial charge in [0, 0.05) is 71.8 Å². The van der Waals surface area contributed by atoms with Gasteiger partial charge in [-0.25, -0.2) is 9.78 Å². The minimum absolute atomic E-state index is 0.0951. The molecule has 0 aliphatic rings. The topological polar surface area (TPSA) is 237 Å². The van der Waals surface area contributed by atoms with E-state index in [-0.39, 0.29) is 75.8 Å². The van der Waals surface area contributed by atoms with Crippen LogP contribution in [0.3, 0.4) is 0 Å². The molecule has 1 heterocycles. The van der Waals surface area contributed by atoms with Crippen molar-refractivity contribution >= 4 is 58.4 Å². The van der Waals surface area contributed by atoms with Crippen molar-refractivity contribution in [1.29, 1.82) is 0 Å². The van der Waals surface area contributed by atoms with Gasteiger partial charge in [-0.2, -0.15) is 0 Å². The van der Waals surface area contributed by atoms with Crippen LogP contribution < -0.4 is 16.0 Å². The number of aromatic nitrogens is 2. The van der Waals surface area contributed by atoms with Gasteiger partial charge < -0.3 is 40.9 Å². The molecule has 0 saturated heterocycles. The zero-order valence-electron chi connectivity index (χ0n) is 35.3. The maximum Gasteiger partial charge on any atom is 0.339 e. The molecule has 0 bridgehead atoms. The van der Waals surface area contributed by atoms with Crippen LogP contribution in [-0.2, 0) is 29.5 Å². The highest BCUT2D eigenvalue weighted by Crippen LogP contribution is 2.33. The van der Waals surface area contributed by atoms with Crippen LogP contribution in [0.4, 0.5) is 17.1 Å². The summed E-state index contributed by atoms with van der Waals surface area (Å²) in [7, 11) is 1.80. The SMILES string of the molecule is C/C(=C\c1ccc(O)cc1)C(=O)Cc1ccc(C(=O)CC(Cc2cn(C)cn2)C(=O)Nc2ccc(C(=O)Nc3ccc(C(=O)Nc4ccc(C(=O)O)c(O)c4C)c(O)c3C)cc2)cc1. The molecule has 0 aliphatic carbocycles. The lowest BCUT2D eigenvalue weighted by Gasteiger charge is -2.16. The molecule has 7 N–H and O–H groups in total.